The second-order valence-electron chi connectivity index (χ2n) is 10.4. The normalized spacial score (nSPS) is 29.3. The van der Waals surface area contributed by atoms with Crippen molar-refractivity contribution in [1.29, 1.82) is 0 Å². The predicted molar refractivity (Wildman–Crippen MR) is 128 cm³/mol. The van der Waals surface area contributed by atoms with Crippen LogP contribution >= 0.6 is 11.3 Å². The molecule has 1 N–H and O–H groups in total. The molecule has 5 nitrogen and oxygen atoms in total. The van der Waals surface area contributed by atoms with Gasteiger partial charge in [0, 0.05) is 11.4 Å². The molecule has 1 atom stereocenters. The molecule has 2 heterocycles. The first-order chi connectivity index (χ1) is 15.5. The van der Waals surface area contributed by atoms with E-state index in [4.69, 9.17) is 0 Å². The third-order valence-corrected chi connectivity index (χ3v) is 9.17. The number of aromatic nitrogens is 2. The fourth-order valence-corrected chi connectivity index (χ4v) is 7.95. The number of thiophene rings is 1. The SMILES string of the molecule is CC(NC(=O)Cn1nc(-c2cccs2)c2ccccc2c1=O)C12CC3CC(CC(C3)C1)C2. The molecule has 1 aromatic carbocycles. The summed E-state index contributed by atoms with van der Waals surface area (Å²) in [5, 5.41) is 11.4. The second kappa shape index (κ2) is 7.55. The van der Waals surface area contributed by atoms with Gasteiger partial charge in [0.25, 0.3) is 5.56 Å². The molecule has 4 saturated carbocycles. The number of nitrogens with one attached hydrogen (secondary N) is 1. The molecule has 1 unspecified atom stereocenters. The molecule has 4 fully saturated rings. The third kappa shape index (κ3) is 3.31. The molecular formula is C26H29N3O2S. The van der Waals surface area contributed by atoms with Crippen molar-refractivity contribution in [2.75, 3.05) is 0 Å². The van der Waals surface area contributed by atoms with Crippen molar-refractivity contribution in [2.24, 2.45) is 23.2 Å². The van der Waals surface area contributed by atoms with Crippen LogP contribution in [0.25, 0.3) is 21.3 Å². The first-order valence-corrected chi connectivity index (χ1v) is 12.7. The predicted octanol–water partition coefficient (Wildman–Crippen LogP) is 4.85. The van der Waals surface area contributed by atoms with Crippen molar-refractivity contribution in [3.8, 4) is 10.6 Å². The molecule has 166 valence electrons. The van der Waals surface area contributed by atoms with Crippen LogP contribution in [0.2, 0.25) is 0 Å². The van der Waals surface area contributed by atoms with Gasteiger partial charge in [-0.2, -0.15) is 5.10 Å². The molecule has 3 aromatic rings. The van der Waals surface area contributed by atoms with Crippen LogP contribution in [-0.4, -0.2) is 21.7 Å². The number of benzene rings is 1. The van der Waals surface area contributed by atoms with E-state index in [0.717, 1.165) is 33.7 Å². The van der Waals surface area contributed by atoms with Crippen LogP contribution in [0.3, 0.4) is 0 Å². The van der Waals surface area contributed by atoms with E-state index in [1.165, 1.54) is 43.2 Å². The van der Waals surface area contributed by atoms with Crippen LogP contribution in [0.5, 0.6) is 0 Å². The summed E-state index contributed by atoms with van der Waals surface area (Å²) in [5.74, 6) is 2.42. The van der Waals surface area contributed by atoms with Crippen LogP contribution in [0.15, 0.2) is 46.6 Å². The largest absolute Gasteiger partial charge is 0.351 e. The molecule has 0 radical (unpaired) electrons. The topological polar surface area (TPSA) is 64.0 Å². The minimum Gasteiger partial charge on any atom is -0.351 e. The Bertz CT molecular complexity index is 1190. The summed E-state index contributed by atoms with van der Waals surface area (Å²) in [6.07, 6.45) is 7.91. The Morgan fingerprint density at radius 3 is 2.38 bits per heavy atom. The minimum absolute atomic E-state index is 0.0429. The lowest BCUT2D eigenvalue weighted by molar-refractivity contribution is -0.126. The first kappa shape index (κ1) is 20.2. The van der Waals surface area contributed by atoms with Gasteiger partial charge in [-0.3, -0.25) is 9.59 Å². The molecule has 4 bridgehead atoms. The summed E-state index contributed by atoms with van der Waals surface area (Å²) in [4.78, 5) is 27.2. The molecular weight excluding hydrogens is 418 g/mol. The van der Waals surface area contributed by atoms with Gasteiger partial charge < -0.3 is 5.32 Å². The van der Waals surface area contributed by atoms with E-state index in [1.807, 2.05) is 41.8 Å². The Labute approximate surface area is 191 Å². The van der Waals surface area contributed by atoms with Gasteiger partial charge in [-0.25, -0.2) is 4.68 Å². The highest BCUT2D eigenvalue weighted by Gasteiger charge is 2.53. The quantitative estimate of drug-likeness (QED) is 0.608. The summed E-state index contributed by atoms with van der Waals surface area (Å²) in [6.45, 7) is 2.14. The van der Waals surface area contributed by atoms with Crippen LogP contribution in [0.1, 0.15) is 45.4 Å². The molecule has 32 heavy (non-hydrogen) atoms. The van der Waals surface area contributed by atoms with Gasteiger partial charge in [-0.05, 0) is 86.1 Å². The lowest BCUT2D eigenvalue weighted by atomic mass is 9.48. The number of rotatable bonds is 5. The van der Waals surface area contributed by atoms with Crippen molar-refractivity contribution < 1.29 is 4.79 Å². The van der Waals surface area contributed by atoms with Crippen LogP contribution < -0.4 is 10.9 Å². The fraction of sp³-hybridized carbons (Fsp3) is 0.500. The van der Waals surface area contributed by atoms with E-state index < -0.39 is 0 Å². The first-order valence-electron chi connectivity index (χ1n) is 11.8. The highest BCUT2D eigenvalue weighted by atomic mass is 32.1. The van der Waals surface area contributed by atoms with Gasteiger partial charge in [0.15, 0.2) is 0 Å². The molecule has 1 amide bonds. The van der Waals surface area contributed by atoms with Gasteiger partial charge in [0.1, 0.15) is 12.2 Å². The highest BCUT2D eigenvalue weighted by molar-refractivity contribution is 7.13. The van der Waals surface area contributed by atoms with Gasteiger partial charge in [0.05, 0.1) is 10.3 Å². The average molecular weight is 448 g/mol. The van der Waals surface area contributed by atoms with E-state index in [-0.39, 0.29) is 29.5 Å². The number of carbonyl (C=O) groups excluding carboxylic acids is 1. The van der Waals surface area contributed by atoms with E-state index in [2.05, 4.69) is 17.3 Å². The zero-order valence-corrected chi connectivity index (χ0v) is 19.2. The Morgan fingerprint density at radius 1 is 1.09 bits per heavy atom. The van der Waals surface area contributed by atoms with Gasteiger partial charge >= 0.3 is 0 Å². The summed E-state index contributed by atoms with van der Waals surface area (Å²) in [5.41, 5.74) is 0.796. The highest BCUT2D eigenvalue weighted by Crippen LogP contribution is 2.61. The zero-order chi connectivity index (χ0) is 21.9. The Balaban J connectivity index is 1.27. The van der Waals surface area contributed by atoms with Crippen molar-refractivity contribution >= 4 is 28.0 Å². The van der Waals surface area contributed by atoms with Gasteiger partial charge in [-0.15, -0.1) is 11.3 Å². The monoisotopic (exact) mass is 447 g/mol. The van der Waals surface area contributed by atoms with E-state index >= 15 is 0 Å². The number of amides is 1. The number of fused-ring (bicyclic) bond motifs is 1. The maximum atomic E-state index is 13.1. The molecule has 7 rings (SSSR count). The Kier molecular flexibility index (Phi) is 4.75. The summed E-state index contributed by atoms with van der Waals surface area (Å²) in [7, 11) is 0. The maximum absolute atomic E-state index is 13.1. The van der Waals surface area contributed by atoms with Crippen LogP contribution in [0, 0.1) is 23.2 Å². The van der Waals surface area contributed by atoms with E-state index in [1.54, 1.807) is 11.3 Å². The average Bonchev–Trinajstić information content (AvgIpc) is 3.29. The third-order valence-electron chi connectivity index (χ3n) is 8.30. The lowest BCUT2D eigenvalue weighted by Crippen LogP contribution is -2.56. The van der Waals surface area contributed by atoms with E-state index in [9.17, 15) is 9.59 Å². The van der Waals surface area contributed by atoms with E-state index in [0.29, 0.717) is 5.39 Å². The maximum Gasteiger partial charge on any atom is 0.275 e. The minimum atomic E-state index is -0.210. The second-order valence-corrected chi connectivity index (χ2v) is 11.4. The number of carbonyl (C=O) groups is 1. The van der Waals surface area contributed by atoms with Gasteiger partial charge in [0.2, 0.25) is 5.91 Å². The Hall–Kier alpha value is -2.47. The molecule has 4 aliphatic carbocycles. The number of hydrogen-bond donors (Lipinski definition) is 1. The lowest BCUT2D eigenvalue weighted by Gasteiger charge is -2.59. The van der Waals surface area contributed by atoms with Crippen LogP contribution in [0.4, 0.5) is 0 Å². The standard InChI is InChI=1S/C26H29N3O2S/c1-16(26-12-17-9-18(13-26)11-19(10-17)14-26)27-23(30)15-29-25(31)21-6-3-2-5-20(21)24(28-29)22-7-4-8-32-22/h2-8,16-19H,9-15H2,1H3,(H,27,30). The molecule has 4 aliphatic rings. The molecule has 0 aliphatic heterocycles. The molecule has 0 spiro atoms. The molecule has 0 saturated heterocycles. The fourth-order valence-electron chi connectivity index (χ4n) is 7.22. The Morgan fingerprint density at radius 2 is 1.75 bits per heavy atom. The van der Waals surface area contributed by atoms with Crippen molar-refractivity contribution in [3.05, 3.63) is 52.1 Å². The molecule has 6 heteroatoms. The summed E-state index contributed by atoms with van der Waals surface area (Å²) in [6, 6.07) is 11.7. The van der Waals surface area contributed by atoms with Crippen LogP contribution in [-0.2, 0) is 11.3 Å². The summed E-state index contributed by atoms with van der Waals surface area (Å²) < 4.78 is 1.35. The summed E-state index contributed by atoms with van der Waals surface area (Å²) >= 11 is 1.59. The smallest absolute Gasteiger partial charge is 0.275 e. The van der Waals surface area contributed by atoms with Crippen molar-refractivity contribution in [3.63, 3.8) is 0 Å². The van der Waals surface area contributed by atoms with Crippen molar-refractivity contribution in [1.82, 2.24) is 15.1 Å². The molecule has 2 aromatic heterocycles. The number of nitrogens with zero attached hydrogens (tertiary/aromatic N) is 2. The number of hydrogen-bond acceptors (Lipinski definition) is 4. The van der Waals surface area contributed by atoms with Crippen molar-refractivity contribution in [2.45, 2.75) is 58.0 Å². The van der Waals surface area contributed by atoms with Gasteiger partial charge in [-0.1, -0.05) is 24.3 Å². The zero-order valence-electron chi connectivity index (χ0n) is 18.4.